The first-order valence-electron chi connectivity index (χ1n) is 18.0. The van der Waals surface area contributed by atoms with Crippen LogP contribution in [-0.2, 0) is 42.9 Å². The molecule has 5 N–H and O–H groups in total. The van der Waals surface area contributed by atoms with Crippen molar-refractivity contribution in [3.63, 3.8) is 0 Å². The summed E-state index contributed by atoms with van der Waals surface area (Å²) in [4.78, 5) is 68.8. The number of carbonyl (C=O) groups excluding carboxylic acids is 4. The molecule has 0 heterocycles. The smallest absolute Gasteiger partial charge is 0.335 e. The SMILES string of the molecule is O=CCOCCOCCNC(=O)COCCOCCNC(=O)CC[C@H](NC(=O)CCCCCCCCCCCOc1cccc(C(=O)O)c1)C(=O)O. The van der Waals surface area contributed by atoms with Crippen LogP contribution in [0, 0.1) is 0 Å². The molecule has 0 aliphatic heterocycles. The number of aldehydes is 1. The maximum atomic E-state index is 12.3. The minimum Gasteiger partial charge on any atom is -0.494 e. The van der Waals surface area contributed by atoms with Gasteiger partial charge in [-0.05, 0) is 37.5 Å². The minimum atomic E-state index is -1.19. The molecule has 3 amide bonds. The van der Waals surface area contributed by atoms with Crippen LogP contribution in [-0.4, -0.2) is 125 Å². The van der Waals surface area contributed by atoms with Crippen molar-refractivity contribution >= 4 is 35.9 Å². The summed E-state index contributed by atoms with van der Waals surface area (Å²) in [5.74, 6) is -2.61. The number of hydrogen-bond donors (Lipinski definition) is 5. The second kappa shape index (κ2) is 31.6. The molecule has 0 saturated carbocycles. The monoisotopic (exact) mass is 739 g/mol. The molecule has 0 bridgehead atoms. The van der Waals surface area contributed by atoms with Crippen molar-refractivity contribution in [1.29, 1.82) is 0 Å². The predicted octanol–water partition coefficient (Wildman–Crippen LogP) is 2.51. The van der Waals surface area contributed by atoms with Crippen molar-refractivity contribution in [2.75, 3.05) is 72.6 Å². The zero-order valence-corrected chi connectivity index (χ0v) is 30.1. The maximum Gasteiger partial charge on any atom is 0.335 e. The maximum absolute atomic E-state index is 12.3. The third-order valence-corrected chi connectivity index (χ3v) is 7.49. The van der Waals surface area contributed by atoms with Crippen LogP contribution in [0.15, 0.2) is 24.3 Å². The van der Waals surface area contributed by atoms with E-state index in [4.69, 9.17) is 28.8 Å². The van der Waals surface area contributed by atoms with E-state index in [0.717, 1.165) is 51.4 Å². The second-order valence-electron chi connectivity index (χ2n) is 11.8. The number of aromatic carboxylic acids is 1. The number of ether oxygens (including phenoxy) is 5. The lowest BCUT2D eigenvalue weighted by Crippen LogP contribution is -2.41. The van der Waals surface area contributed by atoms with Crippen LogP contribution in [0.1, 0.15) is 87.4 Å². The molecule has 16 heteroatoms. The van der Waals surface area contributed by atoms with Gasteiger partial charge in [-0.1, -0.05) is 51.0 Å². The van der Waals surface area contributed by atoms with Gasteiger partial charge < -0.3 is 54.6 Å². The number of nitrogens with one attached hydrogen (secondary N) is 3. The fourth-order valence-electron chi connectivity index (χ4n) is 4.73. The summed E-state index contributed by atoms with van der Waals surface area (Å²) < 4.78 is 26.4. The molecule has 1 aromatic carbocycles. The summed E-state index contributed by atoms with van der Waals surface area (Å²) in [7, 11) is 0. The number of aliphatic carboxylic acids is 1. The van der Waals surface area contributed by atoms with Crippen LogP contribution in [0.5, 0.6) is 5.75 Å². The number of carbonyl (C=O) groups is 6. The molecule has 1 atom stereocenters. The number of amides is 3. The Morgan fingerprint density at radius 3 is 1.88 bits per heavy atom. The number of rotatable bonds is 35. The zero-order valence-electron chi connectivity index (χ0n) is 30.1. The van der Waals surface area contributed by atoms with Gasteiger partial charge in [0.1, 0.15) is 31.3 Å². The number of carboxylic acid groups (broad SMARTS) is 2. The largest absolute Gasteiger partial charge is 0.494 e. The predicted molar refractivity (Wildman–Crippen MR) is 189 cm³/mol. The number of carboxylic acids is 2. The van der Waals surface area contributed by atoms with E-state index in [0.29, 0.717) is 51.4 Å². The fraction of sp³-hybridized carbons (Fsp3) is 0.667. The molecule has 294 valence electrons. The van der Waals surface area contributed by atoms with Gasteiger partial charge in [-0.25, -0.2) is 9.59 Å². The van der Waals surface area contributed by atoms with E-state index in [1.807, 2.05) is 0 Å². The Hall–Kier alpha value is -4.12. The van der Waals surface area contributed by atoms with E-state index in [9.17, 15) is 33.9 Å². The average Bonchev–Trinajstić information content (AvgIpc) is 3.12. The third kappa shape index (κ3) is 26.7. The molecule has 1 rings (SSSR count). The number of benzene rings is 1. The summed E-state index contributed by atoms with van der Waals surface area (Å²) >= 11 is 0. The fourth-order valence-corrected chi connectivity index (χ4v) is 4.73. The first-order chi connectivity index (χ1) is 25.2. The Bertz CT molecular complexity index is 1170. The number of hydrogen-bond acceptors (Lipinski definition) is 11. The van der Waals surface area contributed by atoms with Gasteiger partial charge in [-0.15, -0.1) is 0 Å². The van der Waals surface area contributed by atoms with E-state index >= 15 is 0 Å². The van der Waals surface area contributed by atoms with Crippen molar-refractivity contribution in [2.45, 2.75) is 83.1 Å². The van der Waals surface area contributed by atoms with Gasteiger partial charge in [0.15, 0.2) is 0 Å². The van der Waals surface area contributed by atoms with E-state index in [1.165, 1.54) is 12.1 Å². The molecule has 16 nitrogen and oxygen atoms in total. The Morgan fingerprint density at radius 2 is 1.25 bits per heavy atom. The van der Waals surface area contributed by atoms with E-state index in [2.05, 4.69) is 16.0 Å². The lowest BCUT2D eigenvalue weighted by atomic mass is 10.1. The Labute approximate surface area is 305 Å². The Morgan fingerprint density at radius 1 is 0.654 bits per heavy atom. The summed E-state index contributed by atoms with van der Waals surface area (Å²) in [5, 5.41) is 26.3. The van der Waals surface area contributed by atoms with Crippen LogP contribution in [0.25, 0.3) is 0 Å². The molecule has 1 aromatic rings. The summed E-state index contributed by atoms with van der Waals surface area (Å²) in [5.41, 5.74) is 0.207. The summed E-state index contributed by atoms with van der Waals surface area (Å²) in [6.45, 7) is 2.48. The highest BCUT2D eigenvalue weighted by molar-refractivity contribution is 5.88. The Balaban J connectivity index is 1.96. The van der Waals surface area contributed by atoms with Crippen molar-refractivity contribution in [1.82, 2.24) is 16.0 Å². The van der Waals surface area contributed by atoms with Crippen LogP contribution in [0.4, 0.5) is 0 Å². The van der Waals surface area contributed by atoms with Crippen LogP contribution >= 0.6 is 0 Å². The van der Waals surface area contributed by atoms with Crippen molar-refractivity contribution in [2.24, 2.45) is 0 Å². The first kappa shape index (κ1) is 45.9. The average molecular weight is 740 g/mol. The lowest BCUT2D eigenvalue weighted by molar-refractivity contribution is -0.142. The Kier molecular flexibility index (Phi) is 27.9. The molecule has 0 radical (unpaired) electrons. The molecule has 52 heavy (non-hydrogen) atoms. The molecule has 0 fully saturated rings. The first-order valence-corrected chi connectivity index (χ1v) is 18.0. The normalized spacial score (nSPS) is 11.4. The van der Waals surface area contributed by atoms with E-state index in [1.54, 1.807) is 12.1 Å². The van der Waals surface area contributed by atoms with Crippen LogP contribution < -0.4 is 20.7 Å². The van der Waals surface area contributed by atoms with Gasteiger partial charge in [-0.3, -0.25) is 14.4 Å². The lowest BCUT2D eigenvalue weighted by Gasteiger charge is -2.14. The molecule has 0 aliphatic rings. The molecule has 0 saturated heterocycles. The molecular weight excluding hydrogens is 682 g/mol. The van der Waals surface area contributed by atoms with Crippen molar-refractivity contribution < 1.29 is 62.7 Å². The standard InChI is InChI=1S/C36H57N3O13/c40-18-22-50-24-23-48-21-17-38-34(43)28-51-26-25-49-20-16-37-32(41)15-14-31(36(46)47)39-33(42)13-8-6-4-2-1-3-5-7-9-19-52-30-12-10-11-29(27-30)35(44)45/h10-12,18,27,31H,1-9,13-17,19-26,28H2,(H,37,41)(H,38,43)(H,39,42)(H,44,45)(H,46,47)/t31-/m0/s1. The quantitative estimate of drug-likeness (QED) is 0.0499. The molecule has 0 aromatic heterocycles. The van der Waals surface area contributed by atoms with E-state index in [-0.39, 0.29) is 82.1 Å². The van der Waals surface area contributed by atoms with Gasteiger partial charge in [0.05, 0.1) is 51.8 Å². The topological polar surface area (TPSA) is 225 Å². The minimum absolute atomic E-state index is 0.0248. The highest BCUT2D eigenvalue weighted by atomic mass is 16.5. The van der Waals surface area contributed by atoms with Gasteiger partial charge >= 0.3 is 11.9 Å². The van der Waals surface area contributed by atoms with Gasteiger partial charge in [0.2, 0.25) is 17.7 Å². The van der Waals surface area contributed by atoms with Gasteiger partial charge in [0.25, 0.3) is 0 Å². The number of unbranched alkanes of at least 4 members (excludes halogenated alkanes) is 8. The van der Waals surface area contributed by atoms with Gasteiger partial charge in [0, 0.05) is 25.9 Å². The van der Waals surface area contributed by atoms with Crippen LogP contribution in [0.2, 0.25) is 0 Å². The summed E-state index contributed by atoms with van der Waals surface area (Å²) in [6, 6.07) is 5.32. The van der Waals surface area contributed by atoms with Crippen LogP contribution in [0.3, 0.4) is 0 Å². The molecule has 0 unspecified atom stereocenters. The highest BCUT2D eigenvalue weighted by Gasteiger charge is 2.20. The van der Waals surface area contributed by atoms with E-state index < -0.39 is 18.0 Å². The third-order valence-electron chi connectivity index (χ3n) is 7.49. The zero-order chi connectivity index (χ0) is 38.1. The van der Waals surface area contributed by atoms with Crippen molar-refractivity contribution in [3.05, 3.63) is 29.8 Å². The van der Waals surface area contributed by atoms with Gasteiger partial charge in [-0.2, -0.15) is 0 Å². The highest BCUT2D eigenvalue weighted by Crippen LogP contribution is 2.15. The molecule has 0 spiro atoms. The molecule has 0 aliphatic carbocycles. The second-order valence-corrected chi connectivity index (χ2v) is 11.8. The summed E-state index contributed by atoms with van der Waals surface area (Å²) in [6.07, 6.45) is 9.59. The molecular formula is C36H57N3O13. The van der Waals surface area contributed by atoms with Crippen molar-refractivity contribution in [3.8, 4) is 5.75 Å².